The Morgan fingerprint density at radius 3 is 3.00 bits per heavy atom. The monoisotopic (exact) mass is 337 g/mol. The van der Waals surface area contributed by atoms with Gasteiger partial charge < -0.3 is 9.64 Å². The number of fused-ring (bicyclic) bond motifs is 1. The smallest absolute Gasteiger partial charge is 0.229 e. The molecule has 1 aromatic rings. The maximum atomic E-state index is 12.6. The normalized spacial score (nSPS) is 29.5. The molecule has 2 aliphatic rings. The molecular formula is C16H20BrNO2. The van der Waals surface area contributed by atoms with Crippen LogP contribution in [0.4, 0.5) is 0 Å². The van der Waals surface area contributed by atoms with Crippen LogP contribution in [0.5, 0.6) is 5.75 Å². The van der Waals surface area contributed by atoms with Crippen molar-refractivity contribution >= 4 is 21.8 Å². The van der Waals surface area contributed by atoms with Crippen LogP contribution in [0.1, 0.15) is 18.9 Å². The van der Waals surface area contributed by atoms with Crippen LogP contribution in [0.3, 0.4) is 0 Å². The van der Waals surface area contributed by atoms with E-state index in [4.69, 9.17) is 4.74 Å². The number of carbonyl (C=O) groups is 1. The van der Waals surface area contributed by atoms with E-state index in [1.54, 1.807) is 0 Å². The van der Waals surface area contributed by atoms with E-state index in [1.807, 2.05) is 23.1 Å². The van der Waals surface area contributed by atoms with Crippen molar-refractivity contribution in [3.05, 3.63) is 29.8 Å². The summed E-state index contributed by atoms with van der Waals surface area (Å²) in [5.41, 5.74) is 1.15. The highest BCUT2D eigenvalue weighted by Crippen LogP contribution is 2.29. The van der Waals surface area contributed by atoms with Gasteiger partial charge in [-0.1, -0.05) is 41.1 Å². The highest BCUT2D eigenvalue weighted by molar-refractivity contribution is 9.09. The van der Waals surface area contributed by atoms with Crippen LogP contribution in [0.2, 0.25) is 0 Å². The number of likely N-dealkylation sites (tertiary alicyclic amines) is 1. The van der Waals surface area contributed by atoms with Gasteiger partial charge in [0.1, 0.15) is 12.4 Å². The highest BCUT2D eigenvalue weighted by atomic mass is 79.9. The molecule has 1 fully saturated rings. The average Bonchev–Trinajstić information content (AvgIpc) is 2.49. The maximum absolute atomic E-state index is 12.6. The van der Waals surface area contributed by atoms with Crippen LogP contribution >= 0.6 is 15.9 Å². The van der Waals surface area contributed by atoms with Gasteiger partial charge in [-0.3, -0.25) is 4.79 Å². The first-order valence-corrected chi connectivity index (χ1v) is 8.20. The predicted octanol–water partition coefficient (Wildman–Crippen LogP) is 2.87. The Morgan fingerprint density at radius 1 is 1.40 bits per heavy atom. The van der Waals surface area contributed by atoms with Crippen molar-refractivity contribution in [3.63, 3.8) is 0 Å². The molecule has 0 radical (unpaired) electrons. The number of hydrogen-bond donors (Lipinski definition) is 0. The summed E-state index contributed by atoms with van der Waals surface area (Å²) in [6.45, 7) is 4.44. The van der Waals surface area contributed by atoms with Gasteiger partial charge >= 0.3 is 0 Å². The van der Waals surface area contributed by atoms with Crippen LogP contribution in [0.15, 0.2) is 24.3 Å². The number of benzene rings is 1. The molecule has 1 saturated heterocycles. The molecular weight excluding hydrogens is 318 g/mol. The number of amides is 1. The molecule has 108 valence electrons. The fourth-order valence-corrected chi connectivity index (χ4v) is 3.58. The van der Waals surface area contributed by atoms with Gasteiger partial charge in [-0.2, -0.15) is 0 Å². The zero-order valence-electron chi connectivity index (χ0n) is 11.7. The zero-order valence-corrected chi connectivity index (χ0v) is 13.3. The van der Waals surface area contributed by atoms with Gasteiger partial charge in [0.2, 0.25) is 5.91 Å². The second kappa shape index (κ2) is 5.76. The molecule has 0 bridgehead atoms. The first kappa shape index (κ1) is 13.9. The van der Waals surface area contributed by atoms with Crippen molar-refractivity contribution in [2.75, 3.05) is 19.7 Å². The lowest BCUT2D eigenvalue weighted by atomic mass is 9.93. The number of para-hydroxylation sites is 1. The summed E-state index contributed by atoms with van der Waals surface area (Å²) in [4.78, 5) is 15.1. The van der Waals surface area contributed by atoms with Crippen LogP contribution in [-0.4, -0.2) is 35.3 Å². The number of hydrogen-bond acceptors (Lipinski definition) is 2. The van der Waals surface area contributed by atoms with E-state index in [2.05, 4.69) is 28.9 Å². The molecule has 3 rings (SSSR count). The van der Waals surface area contributed by atoms with E-state index in [9.17, 15) is 4.79 Å². The van der Waals surface area contributed by atoms with E-state index in [0.29, 0.717) is 17.4 Å². The van der Waals surface area contributed by atoms with Gasteiger partial charge in [0.25, 0.3) is 0 Å². The molecule has 0 saturated carbocycles. The van der Waals surface area contributed by atoms with Crippen LogP contribution in [-0.2, 0) is 11.2 Å². The summed E-state index contributed by atoms with van der Waals surface area (Å²) >= 11 is 3.69. The second-order valence-electron chi connectivity index (χ2n) is 5.89. The van der Waals surface area contributed by atoms with Crippen LogP contribution in [0, 0.1) is 11.8 Å². The number of rotatable bonds is 1. The fraction of sp³-hybridized carbons (Fsp3) is 0.562. The fourth-order valence-electron chi connectivity index (χ4n) is 2.97. The molecule has 0 spiro atoms. The molecule has 20 heavy (non-hydrogen) atoms. The standard InChI is InChI=1S/C16H20BrNO2/c1-11-6-7-18(9-14(11)17)16(19)13-8-12-4-2-3-5-15(12)20-10-13/h2-5,11,13-14H,6-10H2,1H3. The lowest BCUT2D eigenvalue weighted by molar-refractivity contribution is -0.138. The number of carbonyl (C=O) groups excluding carboxylic acids is 1. The van der Waals surface area contributed by atoms with Crippen molar-refractivity contribution < 1.29 is 9.53 Å². The van der Waals surface area contributed by atoms with Gasteiger partial charge in [-0.25, -0.2) is 0 Å². The van der Waals surface area contributed by atoms with E-state index in [0.717, 1.165) is 37.2 Å². The Kier molecular flexibility index (Phi) is 4.01. The summed E-state index contributed by atoms with van der Waals surface area (Å²) in [7, 11) is 0. The van der Waals surface area contributed by atoms with E-state index >= 15 is 0 Å². The molecule has 3 nitrogen and oxygen atoms in total. The number of nitrogens with zero attached hydrogens (tertiary/aromatic N) is 1. The number of halogens is 1. The third-order valence-corrected chi connectivity index (χ3v) is 5.60. The van der Waals surface area contributed by atoms with Gasteiger partial charge in [0, 0.05) is 17.9 Å². The summed E-state index contributed by atoms with van der Waals surface area (Å²) in [6.07, 6.45) is 1.87. The first-order valence-electron chi connectivity index (χ1n) is 7.28. The van der Waals surface area contributed by atoms with E-state index < -0.39 is 0 Å². The first-order chi connectivity index (χ1) is 9.65. The number of ether oxygens (including phenoxy) is 1. The largest absolute Gasteiger partial charge is 0.492 e. The third kappa shape index (κ3) is 2.71. The molecule has 0 aromatic heterocycles. The minimum Gasteiger partial charge on any atom is -0.492 e. The van der Waals surface area contributed by atoms with Crippen molar-refractivity contribution in [2.45, 2.75) is 24.6 Å². The molecule has 1 amide bonds. The SMILES string of the molecule is CC1CCN(C(=O)C2COc3ccccc3C2)CC1Br. The molecule has 0 aliphatic carbocycles. The highest BCUT2D eigenvalue weighted by Gasteiger charge is 2.33. The Bertz CT molecular complexity index is 505. The molecule has 2 heterocycles. The Balaban J connectivity index is 1.67. The summed E-state index contributed by atoms with van der Waals surface area (Å²) in [5.74, 6) is 1.79. The van der Waals surface area contributed by atoms with E-state index in [1.165, 1.54) is 0 Å². The topological polar surface area (TPSA) is 29.5 Å². The minimum absolute atomic E-state index is 0.0296. The zero-order chi connectivity index (χ0) is 14.1. The van der Waals surface area contributed by atoms with E-state index in [-0.39, 0.29) is 11.8 Å². The summed E-state index contributed by atoms with van der Waals surface area (Å²) < 4.78 is 5.74. The number of piperidine rings is 1. The molecule has 2 aliphatic heterocycles. The van der Waals surface area contributed by atoms with Crippen molar-refractivity contribution in [1.29, 1.82) is 0 Å². The van der Waals surface area contributed by atoms with Crippen molar-refractivity contribution in [3.8, 4) is 5.75 Å². The van der Waals surface area contributed by atoms with Gasteiger partial charge in [-0.15, -0.1) is 0 Å². The van der Waals surface area contributed by atoms with Crippen LogP contribution in [0.25, 0.3) is 0 Å². The Morgan fingerprint density at radius 2 is 2.20 bits per heavy atom. The van der Waals surface area contributed by atoms with Crippen LogP contribution < -0.4 is 4.74 Å². The quantitative estimate of drug-likeness (QED) is 0.737. The Hall–Kier alpha value is -1.03. The minimum atomic E-state index is -0.0296. The van der Waals surface area contributed by atoms with Crippen molar-refractivity contribution in [2.24, 2.45) is 11.8 Å². The average molecular weight is 338 g/mol. The molecule has 1 aromatic carbocycles. The lowest BCUT2D eigenvalue weighted by Gasteiger charge is -2.37. The molecule has 4 heteroatoms. The molecule has 3 unspecified atom stereocenters. The molecule has 3 atom stereocenters. The maximum Gasteiger partial charge on any atom is 0.229 e. The number of alkyl halides is 1. The molecule has 0 N–H and O–H groups in total. The van der Waals surface area contributed by atoms with Gasteiger partial charge in [0.15, 0.2) is 0 Å². The van der Waals surface area contributed by atoms with Gasteiger partial charge in [0.05, 0.1) is 5.92 Å². The summed E-state index contributed by atoms with van der Waals surface area (Å²) in [5, 5.41) is 0. The third-order valence-electron chi connectivity index (χ3n) is 4.41. The second-order valence-corrected chi connectivity index (χ2v) is 7.06. The lowest BCUT2D eigenvalue weighted by Crippen LogP contribution is -2.48. The van der Waals surface area contributed by atoms with Crippen molar-refractivity contribution in [1.82, 2.24) is 4.90 Å². The Labute approximate surface area is 128 Å². The van der Waals surface area contributed by atoms with Gasteiger partial charge in [-0.05, 0) is 30.4 Å². The summed E-state index contributed by atoms with van der Waals surface area (Å²) in [6, 6.07) is 8.02. The predicted molar refractivity (Wildman–Crippen MR) is 82.2 cm³/mol.